The van der Waals surface area contributed by atoms with Gasteiger partial charge in [0.1, 0.15) is 0 Å². The van der Waals surface area contributed by atoms with E-state index in [-0.39, 0.29) is 9.03 Å². The Labute approximate surface area is 38.8 Å². The summed E-state index contributed by atoms with van der Waals surface area (Å²) in [6, 6.07) is 0. The topological polar surface area (TPSA) is 18.5 Å². The van der Waals surface area contributed by atoms with Gasteiger partial charge in [-0.3, -0.25) is 0 Å². The zero-order valence-electron chi connectivity index (χ0n) is 3.52. The molecule has 0 aromatic carbocycles. The third kappa shape index (κ3) is 1.21. The monoisotopic (exact) mass is 107 g/mol. The van der Waals surface area contributed by atoms with Crippen LogP contribution in [0.15, 0.2) is 0 Å². The fourth-order valence-electron chi connectivity index (χ4n) is 0.370. The predicted octanol–water partition coefficient (Wildman–Crippen LogP) is 0.664. The minimum atomic E-state index is -0.0949. The van der Waals surface area contributed by atoms with Gasteiger partial charge in [0.05, 0.1) is 13.2 Å². The summed E-state index contributed by atoms with van der Waals surface area (Å²) in [5.41, 5.74) is 0. The van der Waals surface area contributed by atoms with Crippen LogP contribution in [0.5, 0.6) is 0 Å². The largest absolute Gasteiger partial charge is 0.250 e. The van der Waals surface area contributed by atoms with Gasteiger partial charge in [-0.15, -0.1) is 0 Å². The van der Waals surface area contributed by atoms with E-state index in [1.807, 2.05) is 0 Å². The average Bonchev–Trinajstić information content (AvgIpc) is 1.72. The van der Waals surface area contributed by atoms with E-state index in [2.05, 4.69) is 0 Å². The highest BCUT2D eigenvalue weighted by Crippen LogP contribution is 2.18. The van der Waals surface area contributed by atoms with Gasteiger partial charge in [-0.25, -0.2) is 9.05 Å². The molecule has 1 rings (SSSR count). The molecule has 0 radical (unpaired) electrons. The van der Waals surface area contributed by atoms with Crippen molar-refractivity contribution in [3.63, 3.8) is 0 Å². The maximum absolute atomic E-state index is 4.93. The van der Waals surface area contributed by atoms with Crippen LogP contribution in [0.1, 0.15) is 6.42 Å². The standard InChI is InChI=1S/C3H8O2P/c1-2-4-6-5-3-1/h1-3,6H2/q+1. The van der Waals surface area contributed by atoms with Gasteiger partial charge in [0.2, 0.25) is 0 Å². The van der Waals surface area contributed by atoms with Gasteiger partial charge in [-0.05, 0) is 0 Å². The fraction of sp³-hybridized carbons (Fsp3) is 1.00. The molecule has 0 atom stereocenters. The molecule has 0 aromatic rings. The average molecular weight is 107 g/mol. The molecule has 3 heteroatoms. The quantitative estimate of drug-likeness (QED) is 0.423. The Kier molecular flexibility index (Phi) is 1.89. The lowest BCUT2D eigenvalue weighted by molar-refractivity contribution is 0.197. The fourth-order valence-corrected chi connectivity index (χ4v) is 0.992. The Morgan fingerprint density at radius 1 is 1.17 bits per heavy atom. The first kappa shape index (κ1) is 4.51. The summed E-state index contributed by atoms with van der Waals surface area (Å²) < 4.78 is 9.86. The van der Waals surface area contributed by atoms with E-state index >= 15 is 0 Å². The Hall–Kier alpha value is 0.350. The van der Waals surface area contributed by atoms with E-state index in [0.717, 1.165) is 19.6 Å². The van der Waals surface area contributed by atoms with Crippen LogP contribution in [0.2, 0.25) is 0 Å². The van der Waals surface area contributed by atoms with Crippen LogP contribution in [-0.4, -0.2) is 13.2 Å². The predicted molar refractivity (Wildman–Crippen MR) is 26.2 cm³/mol. The lowest BCUT2D eigenvalue weighted by Crippen LogP contribution is -1.98. The molecule has 0 unspecified atom stereocenters. The smallest absolute Gasteiger partial charge is 0.211 e. The summed E-state index contributed by atoms with van der Waals surface area (Å²) >= 11 is 0. The van der Waals surface area contributed by atoms with E-state index in [1.54, 1.807) is 0 Å². The van der Waals surface area contributed by atoms with Gasteiger partial charge in [-0.2, -0.15) is 0 Å². The molecule has 1 heterocycles. The van der Waals surface area contributed by atoms with Crippen molar-refractivity contribution in [1.29, 1.82) is 0 Å². The zero-order valence-corrected chi connectivity index (χ0v) is 4.67. The molecular weight excluding hydrogens is 99.0 g/mol. The highest BCUT2D eigenvalue weighted by atomic mass is 31.1. The molecule has 1 aliphatic heterocycles. The molecule has 0 spiro atoms. The number of rotatable bonds is 0. The summed E-state index contributed by atoms with van der Waals surface area (Å²) in [6.45, 7) is 1.82. The minimum absolute atomic E-state index is 0.0949. The third-order valence-electron chi connectivity index (χ3n) is 0.660. The summed E-state index contributed by atoms with van der Waals surface area (Å²) in [5.74, 6) is 0. The van der Waals surface area contributed by atoms with Crippen molar-refractivity contribution in [2.45, 2.75) is 6.42 Å². The van der Waals surface area contributed by atoms with E-state index in [0.29, 0.717) is 0 Å². The van der Waals surface area contributed by atoms with Crippen molar-refractivity contribution >= 4 is 9.03 Å². The first-order valence-electron chi connectivity index (χ1n) is 2.05. The van der Waals surface area contributed by atoms with Crippen LogP contribution >= 0.6 is 9.03 Å². The van der Waals surface area contributed by atoms with Gasteiger partial charge < -0.3 is 0 Å². The van der Waals surface area contributed by atoms with Crippen molar-refractivity contribution in [3.05, 3.63) is 0 Å². The molecule has 0 saturated carbocycles. The molecular formula is C3H8O2P+. The van der Waals surface area contributed by atoms with Crippen LogP contribution < -0.4 is 0 Å². The third-order valence-corrected chi connectivity index (χ3v) is 1.40. The molecule has 6 heavy (non-hydrogen) atoms. The van der Waals surface area contributed by atoms with Crippen molar-refractivity contribution in [1.82, 2.24) is 0 Å². The van der Waals surface area contributed by atoms with Gasteiger partial charge in [0.15, 0.2) is 0 Å². The van der Waals surface area contributed by atoms with E-state index in [4.69, 9.17) is 9.05 Å². The molecule has 0 amide bonds. The minimum Gasteiger partial charge on any atom is -0.211 e. The van der Waals surface area contributed by atoms with Crippen molar-refractivity contribution in [2.24, 2.45) is 0 Å². The van der Waals surface area contributed by atoms with E-state index in [9.17, 15) is 0 Å². The zero-order chi connectivity index (χ0) is 4.24. The molecule has 1 aliphatic rings. The molecule has 0 aliphatic carbocycles. The highest BCUT2D eigenvalue weighted by Gasteiger charge is 2.01. The lowest BCUT2D eigenvalue weighted by atomic mass is 10.5. The van der Waals surface area contributed by atoms with Crippen LogP contribution in [0.25, 0.3) is 0 Å². The van der Waals surface area contributed by atoms with Gasteiger partial charge >= 0.3 is 0 Å². The van der Waals surface area contributed by atoms with Crippen LogP contribution in [0.3, 0.4) is 0 Å². The van der Waals surface area contributed by atoms with Gasteiger partial charge in [0.25, 0.3) is 9.03 Å². The molecule has 1 fully saturated rings. The molecule has 0 N–H and O–H groups in total. The summed E-state index contributed by atoms with van der Waals surface area (Å²) in [6.07, 6.45) is 1.08. The first-order chi connectivity index (χ1) is 3.00. The highest BCUT2D eigenvalue weighted by molar-refractivity contribution is 7.26. The Morgan fingerprint density at radius 3 is 2.00 bits per heavy atom. The second-order valence-corrected chi connectivity index (χ2v) is 2.05. The maximum Gasteiger partial charge on any atom is 0.250 e. The summed E-state index contributed by atoms with van der Waals surface area (Å²) in [4.78, 5) is 0. The van der Waals surface area contributed by atoms with Crippen molar-refractivity contribution in [2.75, 3.05) is 13.2 Å². The normalized spacial score (nSPS) is 24.0. The summed E-state index contributed by atoms with van der Waals surface area (Å²) in [5, 5.41) is 0. The lowest BCUT2D eigenvalue weighted by Gasteiger charge is -2.00. The van der Waals surface area contributed by atoms with Gasteiger partial charge in [-0.1, -0.05) is 0 Å². The van der Waals surface area contributed by atoms with Crippen LogP contribution in [-0.2, 0) is 9.05 Å². The summed E-state index contributed by atoms with van der Waals surface area (Å²) in [7, 11) is -0.0949. The molecule has 0 bridgehead atoms. The molecule has 1 saturated heterocycles. The Balaban J connectivity index is 2.00. The van der Waals surface area contributed by atoms with E-state index in [1.165, 1.54) is 0 Å². The van der Waals surface area contributed by atoms with Crippen molar-refractivity contribution in [3.8, 4) is 0 Å². The first-order valence-corrected chi connectivity index (χ1v) is 2.99. The second kappa shape index (κ2) is 2.51. The van der Waals surface area contributed by atoms with Gasteiger partial charge in [0, 0.05) is 6.42 Å². The SMILES string of the molecule is C1CO[PH2+]OC1. The van der Waals surface area contributed by atoms with Crippen LogP contribution in [0, 0.1) is 0 Å². The second-order valence-electron chi connectivity index (χ2n) is 1.19. The Bertz CT molecular complexity index is 24.3. The number of hydrogen-bond acceptors (Lipinski definition) is 2. The Morgan fingerprint density at radius 2 is 1.83 bits per heavy atom. The van der Waals surface area contributed by atoms with Crippen LogP contribution in [0.4, 0.5) is 0 Å². The molecule has 2 nitrogen and oxygen atoms in total. The number of hydrogen-bond donors (Lipinski definition) is 0. The van der Waals surface area contributed by atoms with E-state index < -0.39 is 0 Å². The molecule has 0 aromatic heterocycles. The maximum atomic E-state index is 4.93. The van der Waals surface area contributed by atoms with Crippen molar-refractivity contribution < 1.29 is 9.05 Å². The molecule has 36 valence electrons.